The van der Waals surface area contributed by atoms with E-state index in [-0.39, 0.29) is 11.7 Å². The minimum atomic E-state index is -0.226. The second-order valence-corrected chi connectivity index (χ2v) is 5.79. The average molecular weight is 320 g/mol. The van der Waals surface area contributed by atoms with Crippen LogP contribution in [0.25, 0.3) is 0 Å². The minimum Gasteiger partial charge on any atom is -0.327 e. The van der Waals surface area contributed by atoms with Gasteiger partial charge >= 0.3 is 0 Å². The van der Waals surface area contributed by atoms with Gasteiger partial charge in [-0.25, -0.2) is 4.39 Å². The Morgan fingerprint density at radius 3 is 2.32 bits per heavy atom. The van der Waals surface area contributed by atoms with Crippen molar-refractivity contribution in [2.75, 3.05) is 26.2 Å². The first-order valence-electron chi connectivity index (χ1n) is 7.29. The standard InChI is InChI=1S/C17H16ClFN2O/c18-16-4-2-1-3-15(16)17(22)21-11-9-20(10-12-21)14-7-5-13(19)6-8-14/h1-8H,9-12H2/p+1. The number of carbonyl (C=O) groups is 1. The van der Waals surface area contributed by atoms with Crippen LogP contribution in [0.15, 0.2) is 48.5 Å². The molecule has 1 N–H and O–H groups in total. The topological polar surface area (TPSA) is 24.8 Å². The smallest absolute Gasteiger partial charge is 0.255 e. The van der Waals surface area contributed by atoms with Crippen LogP contribution in [-0.2, 0) is 0 Å². The van der Waals surface area contributed by atoms with Crippen LogP contribution in [0.5, 0.6) is 0 Å². The summed E-state index contributed by atoms with van der Waals surface area (Å²) in [5.41, 5.74) is 1.61. The summed E-state index contributed by atoms with van der Waals surface area (Å²) in [4.78, 5) is 15.6. The fourth-order valence-corrected chi connectivity index (χ4v) is 2.98. The molecule has 114 valence electrons. The maximum atomic E-state index is 13.0. The highest BCUT2D eigenvalue weighted by atomic mass is 35.5. The molecule has 2 aromatic rings. The van der Waals surface area contributed by atoms with Gasteiger partial charge in [0.05, 0.1) is 36.8 Å². The molecule has 0 aromatic heterocycles. The maximum absolute atomic E-state index is 13.0. The van der Waals surface area contributed by atoms with Crippen LogP contribution in [-0.4, -0.2) is 37.0 Å². The number of benzene rings is 2. The fourth-order valence-electron chi connectivity index (χ4n) is 2.76. The summed E-state index contributed by atoms with van der Waals surface area (Å²) in [5.74, 6) is -0.251. The number of hydrogen-bond donors (Lipinski definition) is 1. The molecular formula is C17H17ClFN2O+. The van der Waals surface area contributed by atoms with E-state index in [1.54, 1.807) is 24.3 Å². The lowest BCUT2D eigenvalue weighted by molar-refractivity contribution is -0.837. The molecule has 3 nitrogen and oxygen atoms in total. The van der Waals surface area contributed by atoms with Crippen molar-refractivity contribution in [2.24, 2.45) is 0 Å². The van der Waals surface area contributed by atoms with Crippen molar-refractivity contribution in [1.82, 2.24) is 4.90 Å². The summed E-state index contributed by atoms with van der Waals surface area (Å²) in [6.07, 6.45) is 0. The van der Waals surface area contributed by atoms with Gasteiger partial charge in [0.2, 0.25) is 0 Å². The number of nitrogens with one attached hydrogen (secondary N) is 1. The third-order valence-corrected chi connectivity index (χ3v) is 4.34. The normalized spacial score (nSPS) is 15.8. The predicted octanol–water partition coefficient (Wildman–Crippen LogP) is 2.15. The molecule has 1 fully saturated rings. The third-order valence-electron chi connectivity index (χ3n) is 4.01. The van der Waals surface area contributed by atoms with Gasteiger partial charge in [-0.1, -0.05) is 23.7 Å². The minimum absolute atomic E-state index is 0.0243. The molecule has 1 aliphatic heterocycles. The quantitative estimate of drug-likeness (QED) is 0.901. The Balaban J connectivity index is 1.65. The van der Waals surface area contributed by atoms with Crippen molar-refractivity contribution in [2.45, 2.75) is 0 Å². The highest BCUT2D eigenvalue weighted by Gasteiger charge is 2.26. The number of amides is 1. The first-order chi connectivity index (χ1) is 10.6. The molecule has 0 spiro atoms. The molecule has 0 bridgehead atoms. The second kappa shape index (κ2) is 6.46. The Bertz CT molecular complexity index is 667. The van der Waals surface area contributed by atoms with Gasteiger partial charge in [0, 0.05) is 12.1 Å². The molecular weight excluding hydrogens is 303 g/mol. The van der Waals surface area contributed by atoms with Crippen molar-refractivity contribution in [3.8, 4) is 0 Å². The first-order valence-corrected chi connectivity index (χ1v) is 7.67. The summed E-state index contributed by atoms with van der Waals surface area (Å²) in [5, 5.41) is 0.487. The van der Waals surface area contributed by atoms with Crippen LogP contribution in [0.4, 0.5) is 10.1 Å². The lowest BCUT2D eigenvalue weighted by atomic mass is 10.1. The first kappa shape index (κ1) is 15.0. The van der Waals surface area contributed by atoms with Gasteiger partial charge in [0.15, 0.2) is 0 Å². The number of quaternary nitrogens is 1. The van der Waals surface area contributed by atoms with Gasteiger partial charge in [-0.2, -0.15) is 0 Å². The highest BCUT2D eigenvalue weighted by Crippen LogP contribution is 2.17. The zero-order valence-electron chi connectivity index (χ0n) is 12.1. The third kappa shape index (κ3) is 3.13. The predicted molar refractivity (Wildman–Crippen MR) is 84.1 cm³/mol. The molecule has 0 aliphatic carbocycles. The van der Waals surface area contributed by atoms with Gasteiger partial charge in [-0.15, -0.1) is 0 Å². The number of hydrogen-bond acceptors (Lipinski definition) is 1. The lowest BCUT2D eigenvalue weighted by Crippen LogP contribution is -3.10. The Hall–Kier alpha value is -1.91. The SMILES string of the molecule is O=C(c1ccccc1Cl)N1CC[NH+](c2ccc(F)cc2)CC1. The summed E-state index contributed by atoms with van der Waals surface area (Å²) < 4.78 is 13.0. The van der Waals surface area contributed by atoms with E-state index >= 15 is 0 Å². The van der Waals surface area contributed by atoms with Crippen molar-refractivity contribution in [3.05, 3.63) is 64.9 Å². The van der Waals surface area contributed by atoms with E-state index < -0.39 is 0 Å². The Labute approximate surface area is 133 Å². The van der Waals surface area contributed by atoms with Crippen LogP contribution in [0, 0.1) is 5.82 Å². The van der Waals surface area contributed by atoms with Crippen molar-refractivity contribution < 1.29 is 14.1 Å². The molecule has 0 unspecified atom stereocenters. The molecule has 1 amide bonds. The van der Waals surface area contributed by atoms with Crippen LogP contribution in [0.3, 0.4) is 0 Å². The molecule has 22 heavy (non-hydrogen) atoms. The summed E-state index contributed by atoms with van der Waals surface area (Å²) in [7, 11) is 0. The molecule has 5 heteroatoms. The molecule has 3 rings (SSSR count). The highest BCUT2D eigenvalue weighted by molar-refractivity contribution is 6.33. The Morgan fingerprint density at radius 2 is 1.68 bits per heavy atom. The van der Waals surface area contributed by atoms with Crippen molar-refractivity contribution >= 4 is 23.2 Å². The Kier molecular flexibility index (Phi) is 4.41. The summed E-state index contributed by atoms with van der Waals surface area (Å²) in [6, 6.07) is 13.7. The van der Waals surface area contributed by atoms with Crippen LogP contribution in [0.1, 0.15) is 10.4 Å². The van der Waals surface area contributed by atoms with E-state index in [4.69, 9.17) is 11.6 Å². The number of nitrogens with zero attached hydrogens (tertiary/aromatic N) is 1. The largest absolute Gasteiger partial charge is 0.327 e. The summed E-state index contributed by atoms with van der Waals surface area (Å²) >= 11 is 6.09. The second-order valence-electron chi connectivity index (χ2n) is 5.38. The molecule has 0 atom stereocenters. The zero-order chi connectivity index (χ0) is 15.5. The van der Waals surface area contributed by atoms with Gasteiger partial charge in [0.1, 0.15) is 11.5 Å². The Morgan fingerprint density at radius 1 is 1.05 bits per heavy atom. The molecule has 1 heterocycles. The van der Waals surface area contributed by atoms with Gasteiger partial charge in [-0.3, -0.25) is 9.69 Å². The van der Waals surface area contributed by atoms with E-state index in [0.29, 0.717) is 23.7 Å². The fraction of sp³-hybridized carbons (Fsp3) is 0.235. The molecule has 1 saturated heterocycles. The molecule has 2 aromatic carbocycles. The molecule has 0 radical (unpaired) electrons. The van der Waals surface area contributed by atoms with E-state index in [9.17, 15) is 9.18 Å². The van der Waals surface area contributed by atoms with Gasteiger partial charge in [0.25, 0.3) is 5.91 Å². The van der Waals surface area contributed by atoms with Gasteiger partial charge < -0.3 is 4.90 Å². The zero-order valence-corrected chi connectivity index (χ0v) is 12.8. The number of halogens is 2. The molecule has 0 saturated carbocycles. The number of carbonyl (C=O) groups excluding carboxylic acids is 1. The van der Waals surface area contributed by atoms with Crippen molar-refractivity contribution in [1.29, 1.82) is 0 Å². The summed E-state index contributed by atoms with van der Waals surface area (Å²) in [6.45, 7) is 2.94. The van der Waals surface area contributed by atoms with Crippen LogP contribution >= 0.6 is 11.6 Å². The number of piperazine rings is 1. The van der Waals surface area contributed by atoms with E-state index in [0.717, 1.165) is 18.8 Å². The number of rotatable bonds is 2. The van der Waals surface area contributed by atoms with E-state index in [2.05, 4.69) is 0 Å². The molecule has 1 aliphatic rings. The maximum Gasteiger partial charge on any atom is 0.255 e. The monoisotopic (exact) mass is 319 g/mol. The van der Waals surface area contributed by atoms with E-state index in [1.807, 2.05) is 17.0 Å². The van der Waals surface area contributed by atoms with E-state index in [1.165, 1.54) is 17.0 Å². The van der Waals surface area contributed by atoms with Crippen LogP contribution < -0.4 is 4.90 Å². The lowest BCUT2D eigenvalue weighted by Gasteiger charge is -2.32. The average Bonchev–Trinajstić information content (AvgIpc) is 2.56. The van der Waals surface area contributed by atoms with Gasteiger partial charge in [-0.05, 0) is 24.3 Å². The van der Waals surface area contributed by atoms with Crippen molar-refractivity contribution in [3.63, 3.8) is 0 Å². The van der Waals surface area contributed by atoms with Crippen LogP contribution in [0.2, 0.25) is 5.02 Å².